The van der Waals surface area contributed by atoms with E-state index >= 15 is 0 Å². The summed E-state index contributed by atoms with van der Waals surface area (Å²) in [6.07, 6.45) is 11.6. The van der Waals surface area contributed by atoms with Gasteiger partial charge in [-0.15, -0.1) is 0 Å². The molecule has 0 spiro atoms. The highest BCUT2D eigenvalue weighted by Gasteiger charge is 2.21. The first kappa shape index (κ1) is 21.2. The normalized spacial score (nSPS) is 17.9. The van der Waals surface area contributed by atoms with Crippen molar-refractivity contribution in [3.63, 3.8) is 0 Å². The Labute approximate surface area is 135 Å². The van der Waals surface area contributed by atoms with Crippen LogP contribution in [0.1, 0.15) is 58.3 Å². The van der Waals surface area contributed by atoms with Crippen LogP contribution in [0.2, 0.25) is 0 Å². The number of hydrogen-bond acceptors (Lipinski definition) is 4. The van der Waals surface area contributed by atoms with Gasteiger partial charge in [0, 0.05) is 12.3 Å². The van der Waals surface area contributed by atoms with Gasteiger partial charge in [-0.1, -0.05) is 45.4 Å². The summed E-state index contributed by atoms with van der Waals surface area (Å²) in [6.45, 7) is 4.62. The average molecular weight is 342 g/mol. The van der Waals surface area contributed by atoms with Crippen LogP contribution in [0.5, 0.6) is 0 Å². The molecule has 1 unspecified atom stereocenters. The van der Waals surface area contributed by atoms with Crippen LogP contribution in [0.25, 0.3) is 0 Å². The zero-order valence-electron chi connectivity index (χ0n) is 13.0. The highest BCUT2D eigenvalue weighted by Crippen LogP contribution is 2.33. The molecule has 3 N–H and O–H groups in total. The number of rotatable bonds is 8. The first-order valence-electron chi connectivity index (χ1n) is 7.90. The molecule has 21 heavy (non-hydrogen) atoms. The summed E-state index contributed by atoms with van der Waals surface area (Å²) in [5, 5.41) is 3.44. The van der Waals surface area contributed by atoms with Crippen LogP contribution in [-0.2, 0) is 10.4 Å². The molecule has 1 rings (SSSR count). The number of thiol groups is 1. The van der Waals surface area contributed by atoms with Crippen molar-refractivity contribution in [2.75, 3.05) is 18.8 Å². The lowest BCUT2D eigenvalue weighted by molar-refractivity contribution is 0.226. The summed E-state index contributed by atoms with van der Waals surface area (Å²) in [5.41, 5.74) is 0. The van der Waals surface area contributed by atoms with E-state index < -0.39 is 10.4 Å². The van der Waals surface area contributed by atoms with Gasteiger partial charge in [0.2, 0.25) is 0 Å². The maximum absolute atomic E-state index is 8.74. The zero-order valence-corrected chi connectivity index (χ0v) is 14.7. The third-order valence-electron chi connectivity index (χ3n) is 4.06. The molecule has 5 nitrogen and oxygen atoms in total. The van der Waals surface area contributed by atoms with E-state index in [1.54, 1.807) is 0 Å². The summed E-state index contributed by atoms with van der Waals surface area (Å²) >= 11 is 4.20. The van der Waals surface area contributed by atoms with Gasteiger partial charge in [0.1, 0.15) is 0 Å². The summed E-state index contributed by atoms with van der Waals surface area (Å²) in [5.74, 6) is 3.00. The van der Waals surface area contributed by atoms with E-state index in [2.05, 4.69) is 24.9 Å². The van der Waals surface area contributed by atoms with Crippen LogP contribution in [0, 0.1) is 11.8 Å². The summed E-state index contributed by atoms with van der Waals surface area (Å²) in [6, 6.07) is 0. The molecule has 1 saturated carbocycles. The Bertz CT molecular complexity index is 322. The molecule has 7 heteroatoms. The van der Waals surface area contributed by atoms with Crippen molar-refractivity contribution >= 4 is 23.0 Å². The summed E-state index contributed by atoms with van der Waals surface area (Å²) < 4.78 is 31.6. The van der Waals surface area contributed by atoms with E-state index in [9.17, 15) is 0 Å². The molecule has 1 aliphatic carbocycles. The minimum absolute atomic E-state index is 0.958. The third-order valence-corrected chi connectivity index (χ3v) is 4.28. The molecule has 1 fully saturated rings. The lowest BCUT2D eigenvalue weighted by Crippen LogP contribution is -2.21. The molecule has 0 amide bonds. The van der Waals surface area contributed by atoms with Crippen LogP contribution in [0.4, 0.5) is 0 Å². The van der Waals surface area contributed by atoms with Crippen molar-refractivity contribution in [2.45, 2.75) is 58.3 Å². The summed E-state index contributed by atoms with van der Waals surface area (Å²) in [4.78, 5) is 0. The fraction of sp³-hybridized carbons (Fsp3) is 1.00. The van der Waals surface area contributed by atoms with Gasteiger partial charge in [-0.2, -0.15) is 21.0 Å². The Balaban J connectivity index is 0.000000690. The lowest BCUT2D eigenvalue weighted by atomic mass is 9.77. The minimum atomic E-state index is -4.67. The second-order valence-electron chi connectivity index (χ2n) is 5.63. The Morgan fingerprint density at radius 2 is 1.76 bits per heavy atom. The van der Waals surface area contributed by atoms with E-state index in [1.165, 1.54) is 57.9 Å². The first-order valence-corrected chi connectivity index (χ1v) is 9.92. The first-order chi connectivity index (χ1) is 9.88. The molecule has 0 heterocycles. The van der Waals surface area contributed by atoms with E-state index in [0.717, 1.165) is 24.1 Å². The second-order valence-corrected chi connectivity index (χ2v) is 6.97. The Morgan fingerprint density at radius 1 is 1.19 bits per heavy atom. The molecule has 128 valence electrons. The topological polar surface area (TPSA) is 86.6 Å². The fourth-order valence-electron chi connectivity index (χ4n) is 3.07. The van der Waals surface area contributed by atoms with Crippen molar-refractivity contribution in [3.05, 3.63) is 0 Å². The van der Waals surface area contributed by atoms with Crippen LogP contribution in [0.3, 0.4) is 0 Å². The molecule has 0 aromatic heterocycles. The van der Waals surface area contributed by atoms with E-state index in [0.29, 0.717) is 0 Å². The van der Waals surface area contributed by atoms with Crippen molar-refractivity contribution in [2.24, 2.45) is 11.8 Å². The lowest BCUT2D eigenvalue weighted by Gasteiger charge is -2.29. The molecule has 1 aliphatic rings. The van der Waals surface area contributed by atoms with Crippen molar-refractivity contribution < 1.29 is 17.5 Å². The molecule has 0 radical (unpaired) electrons. The predicted octanol–water partition coefficient (Wildman–Crippen LogP) is 3.24. The Kier molecular flexibility index (Phi) is 12.8. The van der Waals surface area contributed by atoms with Gasteiger partial charge in [-0.05, 0) is 31.2 Å². The Morgan fingerprint density at radius 3 is 2.24 bits per heavy atom. The molecular weight excluding hydrogens is 310 g/mol. The number of hydrogen-bond donors (Lipinski definition) is 4. The fourth-order valence-corrected chi connectivity index (χ4v) is 3.23. The number of nitrogens with one attached hydrogen (secondary N) is 1. The van der Waals surface area contributed by atoms with Gasteiger partial charge in [-0.25, -0.2) is 0 Å². The SMILES string of the molecule is CCC(CCCNCCS)C1CCCCC1.O=S(=O)(O)O. The van der Waals surface area contributed by atoms with Gasteiger partial charge >= 0.3 is 10.4 Å². The average Bonchev–Trinajstić information content (AvgIpc) is 2.42. The standard InChI is InChI=1S/C14H29NS.H2O4S/c1-2-13(9-6-10-15-11-12-16)14-7-4-3-5-8-14;1-5(2,3)4/h13-16H,2-12H2,1H3;(H2,1,2,3,4). The highest BCUT2D eigenvalue weighted by molar-refractivity contribution is 7.80. The van der Waals surface area contributed by atoms with Crippen LogP contribution in [-0.4, -0.2) is 36.4 Å². The third kappa shape index (κ3) is 14.9. The molecule has 1 atom stereocenters. The zero-order chi connectivity index (χ0) is 16.1. The Hall–Kier alpha value is 0.180. The minimum Gasteiger partial charge on any atom is -0.316 e. The van der Waals surface area contributed by atoms with Crippen molar-refractivity contribution in [3.8, 4) is 0 Å². The van der Waals surface area contributed by atoms with E-state index in [1.807, 2.05) is 0 Å². The second kappa shape index (κ2) is 12.7. The van der Waals surface area contributed by atoms with E-state index in [-0.39, 0.29) is 0 Å². The maximum Gasteiger partial charge on any atom is 0.394 e. The van der Waals surface area contributed by atoms with Crippen LogP contribution >= 0.6 is 12.6 Å². The molecule has 0 aromatic carbocycles. The largest absolute Gasteiger partial charge is 0.394 e. The van der Waals surface area contributed by atoms with Gasteiger partial charge in [0.05, 0.1) is 0 Å². The molecule has 0 aliphatic heterocycles. The predicted molar refractivity (Wildman–Crippen MR) is 90.5 cm³/mol. The summed E-state index contributed by atoms with van der Waals surface area (Å²) in [7, 11) is -4.67. The molecule has 0 aromatic rings. The van der Waals surface area contributed by atoms with Crippen molar-refractivity contribution in [1.82, 2.24) is 5.32 Å². The van der Waals surface area contributed by atoms with Gasteiger partial charge in [0.15, 0.2) is 0 Å². The van der Waals surface area contributed by atoms with Crippen molar-refractivity contribution in [1.29, 1.82) is 0 Å². The van der Waals surface area contributed by atoms with E-state index in [4.69, 9.17) is 17.5 Å². The van der Waals surface area contributed by atoms with Gasteiger partial charge in [-0.3, -0.25) is 9.11 Å². The molecule has 0 bridgehead atoms. The quantitative estimate of drug-likeness (QED) is 0.309. The smallest absolute Gasteiger partial charge is 0.316 e. The van der Waals surface area contributed by atoms with Crippen LogP contribution < -0.4 is 5.32 Å². The van der Waals surface area contributed by atoms with Crippen LogP contribution in [0.15, 0.2) is 0 Å². The van der Waals surface area contributed by atoms with Gasteiger partial charge < -0.3 is 5.32 Å². The van der Waals surface area contributed by atoms with Gasteiger partial charge in [0.25, 0.3) is 0 Å². The molecule has 0 saturated heterocycles. The monoisotopic (exact) mass is 341 g/mol. The maximum atomic E-state index is 8.74. The highest BCUT2D eigenvalue weighted by atomic mass is 32.3. The molecular formula is C14H31NO4S2.